The predicted molar refractivity (Wildman–Crippen MR) is 103 cm³/mol. The first-order valence-corrected chi connectivity index (χ1v) is 8.85. The van der Waals surface area contributed by atoms with Crippen LogP contribution in [0.1, 0.15) is 23.5 Å². The minimum atomic E-state index is -0.353. The Morgan fingerprint density at radius 2 is 2.15 bits per heavy atom. The van der Waals surface area contributed by atoms with E-state index < -0.39 is 0 Å². The van der Waals surface area contributed by atoms with Crippen molar-refractivity contribution in [3.8, 4) is 5.75 Å². The highest BCUT2D eigenvalue weighted by Crippen LogP contribution is 2.40. The van der Waals surface area contributed by atoms with Crippen molar-refractivity contribution in [3.05, 3.63) is 64.1 Å². The molecule has 7 nitrogen and oxygen atoms in total. The summed E-state index contributed by atoms with van der Waals surface area (Å²) in [6.07, 6.45) is 5.98. The number of hydrogen-bond acceptors (Lipinski definition) is 6. The third-order valence-corrected chi connectivity index (χ3v) is 5.25. The normalized spacial score (nSPS) is 16.7. The van der Waals surface area contributed by atoms with E-state index in [1.807, 2.05) is 24.4 Å². The molecule has 0 bridgehead atoms. The molecule has 1 unspecified atom stereocenters. The van der Waals surface area contributed by atoms with E-state index in [0.717, 1.165) is 24.9 Å². The summed E-state index contributed by atoms with van der Waals surface area (Å²) in [4.78, 5) is 21.9. The number of rotatable bonds is 4. The van der Waals surface area contributed by atoms with Gasteiger partial charge in [0, 0.05) is 42.9 Å². The van der Waals surface area contributed by atoms with E-state index in [9.17, 15) is 10.1 Å². The van der Waals surface area contributed by atoms with Crippen LogP contribution in [0.3, 0.4) is 0 Å². The zero-order valence-corrected chi connectivity index (χ0v) is 15.3. The standard InChI is InChI=1S/C20H20N4O3/c1-13-5-7-21-10-17(13)14-6-8-23(12-14)20-16-4-3-15(27-2)9-18(16)22-11-19(20)24(25)26/h3-5,7,9-11,14H,6,8,12H2,1-2H3. The molecule has 0 radical (unpaired) electrons. The van der Waals surface area contributed by atoms with Gasteiger partial charge in [0.1, 0.15) is 17.6 Å². The second-order valence-electron chi connectivity index (χ2n) is 6.80. The molecule has 1 aliphatic heterocycles. The van der Waals surface area contributed by atoms with Crippen molar-refractivity contribution in [3.63, 3.8) is 0 Å². The number of nitro groups is 1. The molecular weight excluding hydrogens is 344 g/mol. The summed E-state index contributed by atoms with van der Waals surface area (Å²) in [5.74, 6) is 0.986. The van der Waals surface area contributed by atoms with Crippen molar-refractivity contribution in [1.29, 1.82) is 0 Å². The first-order chi connectivity index (χ1) is 13.1. The lowest BCUT2D eigenvalue weighted by Gasteiger charge is -2.21. The second kappa shape index (κ2) is 6.83. The number of fused-ring (bicyclic) bond motifs is 1. The molecule has 0 amide bonds. The van der Waals surface area contributed by atoms with Gasteiger partial charge < -0.3 is 9.64 Å². The number of pyridine rings is 2. The van der Waals surface area contributed by atoms with Crippen LogP contribution in [0, 0.1) is 17.0 Å². The van der Waals surface area contributed by atoms with E-state index >= 15 is 0 Å². The van der Waals surface area contributed by atoms with Gasteiger partial charge in [0.05, 0.1) is 17.5 Å². The largest absolute Gasteiger partial charge is 0.497 e. The molecule has 1 aliphatic rings. The van der Waals surface area contributed by atoms with Gasteiger partial charge in [0.15, 0.2) is 0 Å². The summed E-state index contributed by atoms with van der Waals surface area (Å²) in [7, 11) is 1.59. The summed E-state index contributed by atoms with van der Waals surface area (Å²) < 4.78 is 5.26. The molecule has 7 heteroatoms. The lowest BCUT2D eigenvalue weighted by molar-refractivity contribution is -0.384. The monoisotopic (exact) mass is 364 g/mol. The highest BCUT2D eigenvalue weighted by Gasteiger charge is 2.31. The first kappa shape index (κ1) is 17.2. The van der Waals surface area contributed by atoms with Gasteiger partial charge in [-0.05, 0) is 42.7 Å². The molecule has 0 aliphatic carbocycles. The molecule has 1 fully saturated rings. The lowest BCUT2D eigenvalue weighted by Crippen LogP contribution is -2.21. The highest BCUT2D eigenvalue weighted by molar-refractivity contribution is 5.97. The lowest BCUT2D eigenvalue weighted by atomic mass is 9.96. The van der Waals surface area contributed by atoms with Crippen LogP contribution < -0.4 is 9.64 Å². The third kappa shape index (κ3) is 3.05. The first-order valence-electron chi connectivity index (χ1n) is 8.85. The van der Waals surface area contributed by atoms with Gasteiger partial charge in [-0.1, -0.05) is 0 Å². The maximum Gasteiger partial charge on any atom is 0.311 e. The van der Waals surface area contributed by atoms with Crippen molar-refractivity contribution in [2.24, 2.45) is 0 Å². The maximum atomic E-state index is 11.7. The molecule has 0 N–H and O–H groups in total. The van der Waals surface area contributed by atoms with Crippen molar-refractivity contribution >= 4 is 22.3 Å². The maximum absolute atomic E-state index is 11.7. The van der Waals surface area contributed by atoms with Gasteiger partial charge in [-0.15, -0.1) is 0 Å². The molecule has 4 rings (SSSR count). The summed E-state index contributed by atoms with van der Waals surface area (Å²) in [5.41, 5.74) is 3.78. The number of methoxy groups -OCH3 is 1. The Labute approximate surface area is 156 Å². The third-order valence-electron chi connectivity index (χ3n) is 5.25. The Balaban J connectivity index is 1.77. The topological polar surface area (TPSA) is 81.4 Å². The molecule has 1 atom stereocenters. The Hall–Kier alpha value is -3.22. The van der Waals surface area contributed by atoms with Gasteiger partial charge >= 0.3 is 5.69 Å². The molecule has 3 aromatic rings. The fourth-order valence-electron chi connectivity index (χ4n) is 3.86. The number of benzene rings is 1. The molecule has 27 heavy (non-hydrogen) atoms. The average Bonchev–Trinajstić information content (AvgIpc) is 3.16. The van der Waals surface area contributed by atoms with Crippen LogP contribution in [0.15, 0.2) is 42.9 Å². The van der Waals surface area contributed by atoms with Gasteiger partial charge in [-0.25, -0.2) is 4.98 Å². The molecule has 0 spiro atoms. The Kier molecular flexibility index (Phi) is 4.35. The van der Waals surface area contributed by atoms with Crippen molar-refractivity contribution < 1.29 is 9.66 Å². The zero-order valence-electron chi connectivity index (χ0n) is 15.3. The molecule has 3 heterocycles. The molecular formula is C20H20N4O3. The minimum absolute atomic E-state index is 0.0382. The Bertz CT molecular complexity index is 1020. The molecule has 2 aromatic heterocycles. The number of anilines is 1. The van der Waals surface area contributed by atoms with Crippen LogP contribution in [0.25, 0.3) is 10.9 Å². The van der Waals surface area contributed by atoms with Gasteiger partial charge in [-0.2, -0.15) is 0 Å². The predicted octanol–water partition coefficient (Wildman–Crippen LogP) is 3.85. The van der Waals surface area contributed by atoms with E-state index in [2.05, 4.69) is 21.8 Å². The van der Waals surface area contributed by atoms with Crippen LogP contribution in [0.5, 0.6) is 5.75 Å². The van der Waals surface area contributed by atoms with Crippen LogP contribution >= 0.6 is 0 Å². The Morgan fingerprint density at radius 3 is 2.89 bits per heavy atom. The smallest absolute Gasteiger partial charge is 0.311 e. The fourth-order valence-corrected chi connectivity index (χ4v) is 3.86. The quantitative estimate of drug-likeness (QED) is 0.517. The average molecular weight is 364 g/mol. The van der Waals surface area contributed by atoms with Crippen molar-refractivity contribution in [2.45, 2.75) is 19.3 Å². The number of aryl methyl sites for hydroxylation is 1. The molecule has 1 saturated heterocycles. The van der Waals surface area contributed by atoms with E-state index in [1.165, 1.54) is 17.3 Å². The van der Waals surface area contributed by atoms with Crippen LogP contribution in [0.4, 0.5) is 11.4 Å². The summed E-state index contributed by atoms with van der Waals surface area (Å²) in [6.45, 7) is 3.56. The summed E-state index contributed by atoms with van der Waals surface area (Å²) in [5, 5.41) is 12.4. The molecule has 138 valence electrons. The van der Waals surface area contributed by atoms with E-state index in [-0.39, 0.29) is 10.6 Å². The van der Waals surface area contributed by atoms with Crippen LogP contribution in [-0.4, -0.2) is 35.1 Å². The molecule has 1 aromatic carbocycles. The highest BCUT2D eigenvalue weighted by atomic mass is 16.6. The van der Waals surface area contributed by atoms with Crippen LogP contribution in [0.2, 0.25) is 0 Å². The number of ether oxygens (including phenoxy) is 1. The number of aromatic nitrogens is 2. The second-order valence-corrected chi connectivity index (χ2v) is 6.80. The zero-order chi connectivity index (χ0) is 19.0. The SMILES string of the molecule is COc1ccc2c(N3CCC(c4cnccc4C)C3)c([N+](=O)[O-])cnc2c1. The van der Waals surface area contributed by atoms with E-state index in [1.54, 1.807) is 19.4 Å². The fraction of sp³-hybridized carbons (Fsp3) is 0.300. The Morgan fingerprint density at radius 1 is 1.30 bits per heavy atom. The van der Waals surface area contributed by atoms with Crippen LogP contribution in [-0.2, 0) is 0 Å². The van der Waals surface area contributed by atoms with Crippen molar-refractivity contribution in [1.82, 2.24) is 9.97 Å². The minimum Gasteiger partial charge on any atom is -0.497 e. The number of nitrogens with zero attached hydrogens (tertiary/aromatic N) is 4. The summed E-state index contributed by atoms with van der Waals surface area (Å²) >= 11 is 0. The van der Waals surface area contributed by atoms with E-state index in [0.29, 0.717) is 22.9 Å². The van der Waals surface area contributed by atoms with E-state index in [4.69, 9.17) is 4.74 Å². The van der Waals surface area contributed by atoms with Crippen molar-refractivity contribution in [2.75, 3.05) is 25.1 Å². The summed E-state index contributed by atoms with van der Waals surface area (Å²) in [6, 6.07) is 7.48. The van der Waals surface area contributed by atoms with Gasteiger partial charge in [-0.3, -0.25) is 15.1 Å². The van der Waals surface area contributed by atoms with Gasteiger partial charge in [0.2, 0.25) is 0 Å². The number of hydrogen-bond donors (Lipinski definition) is 0. The molecule has 0 saturated carbocycles. The van der Waals surface area contributed by atoms with Gasteiger partial charge in [0.25, 0.3) is 0 Å².